The normalized spacial score (nSPS) is 24.3. The number of carbonyl (C=O) groups excluding carboxylic acids is 2. The maximum absolute atomic E-state index is 12.4. The van der Waals surface area contributed by atoms with Gasteiger partial charge in [-0.25, -0.2) is 9.59 Å². The molecule has 0 bridgehead atoms. The van der Waals surface area contributed by atoms with Gasteiger partial charge in [-0.05, 0) is 37.5 Å². The number of urea groups is 1. The van der Waals surface area contributed by atoms with Crippen LogP contribution < -0.4 is 10.6 Å². The molecule has 0 radical (unpaired) electrons. The van der Waals surface area contributed by atoms with Crippen molar-refractivity contribution >= 4 is 17.9 Å². The number of piperidine rings is 1. The van der Waals surface area contributed by atoms with Crippen molar-refractivity contribution < 1.29 is 24.2 Å². The minimum absolute atomic E-state index is 0.0561. The molecule has 0 saturated carbocycles. The van der Waals surface area contributed by atoms with E-state index in [9.17, 15) is 19.5 Å². The van der Waals surface area contributed by atoms with Crippen LogP contribution in [0.1, 0.15) is 46.0 Å². The fourth-order valence-electron chi connectivity index (χ4n) is 3.72. The second-order valence-corrected chi connectivity index (χ2v) is 8.10. The molecule has 2 saturated heterocycles. The Bertz CT molecular complexity index is 519. The highest BCUT2D eigenvalue weighted by Gasteiger charge is 2.32. The summed E-state index contributed by atoms with van der Waals surface area (Å²) in [5.41, 5.74) is 0. The maximum Gasteiger partial charge on any atom is 0.326 e. The van der Waals surface area contributed by atoms with Gasteiger partial charge >= 0.3 is 12.0 Å². The van der Waals surface area contributed by atoms with E-state index in [0.29, 0.717) is 38.8 Å². The van der Waals surface area contributed by atoms with E-state index >= 15 is 0 Å². The van der Waals surface area contributed by atoms with Gasteiger partial charge in [0, 0.05) is 38.6 Å². The van der Waals surface area contributed by atoms with Crippen LogP contribution in [0, 0.1) is 17.8 Å². The second kappa shape index (κ2) is 10.5. The van der Waals surface area contributed by atoms with Gasteiger partial charge in [0.05, 0.1) is 6.61 Å². The average Bonchev–Trinajstić information content (AvgIpc) is 2.64. The summed E-state index contributed by atoms with van der Waals surface area (Å²) in [4.78, 5) is 38.0. The summed E-state index contributed by atoms with van der Waals surface area (Å²) in [7, 11) is 0. The Labute approximate surface area is 161 Å². The first-order chi connectivity index (χ1) is 12.9. The zero-order chi connectivity index (χ0) is 19.8. The third kappa shape index (κ3) is 7.01. The number of likely N-dealkylation sites (tertiary alicyclic amines) is 1. The van der Waals surface area contributed by atoms with Crippen LogP contribution in [0.25, 0.3) is 0 Å². The molecule has 8 heteroatoms. The molecule has 2 aliphatic rings. The largest absolute Gasteiger partial charge is 0.480 e. The Hall–Kier alpha value is -1.83. The molecule has 0 aromatic rings. The summed E-state index contributed by atoms with van der Waals surface area (Å²) in [6, 6.07) is -0.997. The topological polar surface area (TPSA) is 108 Å². The lowest BCUT2D eigenvalue weighted by molar-refractivity contribution is -0.145. The smallest absolute Gasteiger partial charge is 0.326 e. The molecule has 8 nitrogen and oxygen atoms in total. The predicted molar refractivity (Wildman–Crippen MR) is 100 cm³/mol. The number of carbonyl (C=O) groups is 3. The maximum atomic E-state index is 12.4. The molecular formula is C19H33N3O5. The van der Waals surface area contributed by atoms with Gasteiger partial charge in [0.15, 0.2) is 0 Å². The molecule has 0 aromatic heterocycles. The molecule has 3 unspecified atom stereocenters. The van der Waals surface area contributed by atoms with Crippen LogP contribution in [0.3, 0.4) is 0 Å². The number of rotatable bonds is 7. The first kappa shape index (κ1) is 21.5. The Balaban J connectivity index is 1.82. The number of aliphatic carboxylic acids is 1. The standard InChI is InChI=1S/C19H33N3O5/c1-13(2)10-20-19(26)22-7-3-5-14(11-22)9-16(23)21-17(18(24)25)15-6-4-8-27-12-15/h13-15,17H,3-12H2,1-2H3,(H,20,26)(H,21,23)(H,24,25). The number of hydrogen-bond acceptors (Lipinski definition) is 4. The molecule has 3 N–H and O–H groups in total. The Morgan fingerprint density at radius 3 is 2.63 bits per heavy atom. The molecule has 0 aromatic carbocycles. The van der Waals surface area contributed by atoms with Gasteiger partial charge in [-0.1, -0.05) is 13.8 Å². The summed E-state index contributed by atoms with van der Waals surface area (Å²) in [6.45, 7) is 6.95. The number of amides is 3. The zero-order valence-electron chi connectivity index (χ0n) is 16.4. The summed E-state index contributed by atoms with van der Waals surface area (Å²) >= 11 is 0. The van der Waals surface area contributed by atoms with Crippen molar-refractivity contribution in [2.24, 2.45) is 17.8 Å². The SMILES string of the molecule is CC(C)CNC(=O)N1CCCC(CC(=O)NC(C(=O)O)C2CCCOC2)C1. The van der Waals surface area contributed by atoms with Gasteiger partial charge in [0.1, 0.15) is 6.04 Å². The summed E-state index contributed by atoms with van der Waals surface area (Å²) in [6.07, 6.45) is 3.51. The number of carboxylic acid groups (broad SMARTS) is 1. The third-order valence-electron chi connectivity index (χ3n) is 5.19. The Kier molecular flexibility index (Phi) is 8.34. The van der Waals surface area contributed by atoms with E-state index in [-0.39, 0.29) is 30.2 Å². The zero-order valence-corrected chi connectivity index (χ0v) is 16.4. The summed E-state index contributed by atoms with van der Waals surface area (Å²) in [5, 5.41) is 15.1. The van der Waals surface area contributed by atoms with Crippen molar-refractivity contribution in [3.63, 3.8) is 0 Å². The van der Waals surface area contributed by atoms with Crippen LogP contribution in [0.2, 0.25) is 0 Å². The van der Waals surface area contributed by atoms with E-state index in [1.807, 2.05) is 13.8 Å². The van der Waals surface area contributed by atoms with Crippen LogP contribution in [0.5, 0.6) is 0 Å². The Morgan fingerprint density at radius 2 is 2.00 bits per heavy atom. The van der Waals surface area contributed by atoms with Crippen molar-refractivity contribution in [1.82, 2.24) is 15.5 Å². The third-order valence-corrected chi connectivity index (χ3v) is 5.19. The molecule has 0 aliphatic carbocycles. The van der Waals surface area contributed by atoms with Gasteiger partial charge < -0.3 is 25.4 Å². The van der Waals surface area contributed by atoms with Gasteiger partial charge in [-0.3, -0.25) is 4.79 Å². The van der Waals surface area contributed by atoms with Gasteiger partial charge in [-0.2, -0.15) is 0 Å². The molecule has 2 rings (SSSR count). The van der Waals surface area contributed by atoms with Gasteiger partial charge in [0.2, 0.25) is 5.91 Å². The quantitative estimate of drug-likeness (QED) is 0.617. The Morgan fingerprint density at radius 1 is 1.22 bits per heavy atom. The number of nitrogens with one attached hydrogen (secondary N) is 2. The fourth-order valence-corrected chi connectivity index (χ4v) is 3.72. The monoisotopic (exact) mass is 383 g/mol. The molecule has 3 amide bonds. The average molecular weight is 383 g/mol. The van der Waals surface area contributed by atoms with Crippen LogP contribution >= 0.6 is 0 Å². The number of ether oxygens (including phenoxy) is 1. The van der Waals surface area contributed by atoms with Crippen molar-refractivity contribution in [3.05, 3.63) is 0 Å². The molecule has 3 atom stereocenters. The lowest BCUT2D eigenvalue weighted by Gasteiger charge is -2.33. The van der Waals surface area contributed by atoms with E-state index in [0.717, 1.165) is 25.7 Å². The van der Waals surface area contributed by atoms with E-state index in [1.165, 1.54) is 0 Å². The molecule has 154 valence electrons. The number of carboxylic acids is 1. The lowest BCUT2D eigenvalue weighted by atomic mass is 9.92. The first-order valence-electron chi connectivity index (χ1n) is 9.99. The van der Waals surface area contributed by atoms with Crippen molar-refractivity contribution in [3.8, 4) is 0 Å². The summed E-state index contributed by atoms with van der Waals surface area (Å²) < 4.78 is 5.36. The van der Waals surface area contributed by atoms with Gasteiger partial charge in [0.25, 0.3) is 0 Å². The minimum Gasteiger partial charge on any atom is -0.480 e. The van der Waals surface area contributed by atoms with Crippen LogP contribution in [0.4, 0.5) is 4.79 Å². The number of hydrogen-bond donors (Lipinski definition) is 3. The number of nitrogens with zero attached hydrogens (tertiary/aromatic N) is 1. The molecule has 27 heavy (non-hydrogen) atoms. The molecule has 2 aliphatic heterocycles. The van der Waals surface area contributed by atoms with Crippen LogP contribution in [-0.2, 0) is 14.3 Å². The van der Waals surface area contributed by atoms with E-state index < -0.39 is 12.0 Å². The molecule has 2 heterocycles. The fraction of sp³-hybridized carbons (Fsp3) is 0.842. The van der Waals surface area contributed by atoms with Crippen LogP contribution in [0.15, 0.2) is 0 Å². The highest BCUT2D eigenvalue weighted by molar-refractivity contribution is 5.84. The minimum atomic E-state index is -1.02. The van der Waals surface area contributed by atoms with Crippen LogP contribution in [-0.4, -0.2) is 66.8 Å². The van der Waals surface area contributed by atoms with Gasteiger partial charge in [-0.15, -0.1) is 0 Å². The summed E-state index contributed by atoms with van der Waals surface area (Å²) in [5.74, 6) is -1.03. The van der Waals surface area contributed by atoms with E-state index in [4.69, 9.17) is 4.74 Å². The lowest BCUT2D eigenvalue weighted by Crippen LogP contribution is -2.50. The van der Waals surface area contributed by atoms with Crippen molar-refractivity contribution in [2.45, 2.75) is 52.0 Å². The second-order valence-electron chi connectivity index (χ2n) is 8.10. The first-order valence-corrected chi connectivity index (χ1v) is 9.99. The molecular weight excluding hydrogens is 350 g/mol. The highest BCUT2D eigenvalue weighted by atomic mass is 16.5. The molecule has 0 spiro atoms. The van der Waals surface area contributed by atoms with Crippen molar-refractivity contribution in [1.29, 1.82) is 0 Å². The molecule has 2 fully saturated rings. The highest BCUT2D eigenvalue weighted by Crippen LogP contribution is 2.21. The van der Waals surface area contributed by atoms with E-state index in [2.05, 4.69) is 10.6 Å². The van der Waals surface area contributed by atoms with E-state index in [1.54, 1.807) is 4.90 Å². The van der Waals surface area contributed by atoms with Crippen molar-refractivity contribution in [2.75, 3.05) is 32.8 Å². The predicted octanol–water partition coefficient (Wildman–Crippen LogP) is 1.45.